The molecule has 6 heteroatoms. The number of nitrogens with one attached hydrogen (secondary N) is 1. The molecule has 0 aromatic heterocycles. The first-order valence-corrected chi connectivity index (χ1v) is 6.66. The lowest BCUT2D eigenvalue weighted by atomic mass is 10.1. The predicted molar refractivity (Wildman–Crippen MR) is 77.9 cm³/mol. The number of amides is 1. The van der Waals surface area contributed by atoms with Gasteiger partial charge in [0.05, 0.1) is 10.9 Å². The van der Waals surface area contributed by atoms with Gasteiger partial charge in [0, 0.05) is 12.1 Å². The highest BCUT2D eigenvalue weighted by molar-refractivity contribution is 7.81. The molecule has 2 aromatic carbocycles. The number of carbonyl (C=O) groups is 1. The van der Waals surface area contributed by atoms with Gasteiger partial charge in [0.25, 0.3) is 0 Å². The number of thiol groups is 1. The normalized spacial score (nSPS) is 12.0. The summed E-state index contributed by atoms with van der Waals surface area (Å²) < 4.78 is 39.5. The summed E-state index contributed by atoms with van der Waals surface area (Å²) in [5.74, 6) is -4.26. The Morgan fingerprint density at radius 1 is 1.14 bits per heavy atom. The number of carbonyl (C=O) groups excluding carboxylic acids is 1. The van der Waals surface area contributed by atoms with Crippen LogP contribution in [0.5, 0.6) is 0 Å². The largest absolute Gasteiger partial charge is 0.322 e. The number of halogens is 3. The Kier molecular flexibility index (Phi) is 4.90. The number of anilines is 1. The molecule has 0 fully saturated rings. The molecule has 0 radical (unpaired) electrons. The minimum absolute atomic E-state index is 0.315. The molecule has 0 aliphatic carbocycles. The molecule has 0 bridgehead atoms. The highest BCUT2D eigenvalue weighted by Crippen LogP contribution is 2.20. The van der Waals surface area contributed by atoms with Crippen molar-refractivity contribution in [3.63, 3.8) is 0 Å². The summed E-state index contributed by atoms with van der Waals surface area (Å²) in [6, 6.07) is 10.2. The molecule has 1 N–H and O–H groups in total. The summed E-state index contributed by atoms with van der Waals surface area (Å²) >= 11 is 4.13. The van der Waals surface area contributed by atoms with E-state index in [0.29, 0.717) is 12.5 Å². The zero-order valence-corrected chi connectivity index (χ0v) is 11.7. The average molecular weight is 311 g/mol. The standard InChI is InChI=1S/C15H12F3NOS/c16-10-7-11(17)14(18)12(8-10)19-15(20)13(21)6-9-4-2-1-3-5-9/h1-5,7-8,13,21H,6H2,(H,19,20). The molecule has 0 heterocycles. The van der Waals surface area contributed by atoms with E-state index in [1.54, 1.807) is 0 Å². The van der Waals surface area contributed by atoms with Crippen LogP contribution in [0.1, 0.15) is 5.56 Å². The van der Waals surface area contributed by atoms with Crippen LogP contribution < -0.4 is 5.32 Å². The molecular weight excluding hydrogens is 299 g/mol. The Labute approximate surface area is 125 Å². The minimum atomic E-state index is -1.36. The summed E-state index contributed by atoms with van der Waals surface area (Å²) in [4.78, 5) is 11.9. The van der Waals surface area contributed by atoms with Crippen LogP contribution >= 0.6 is 12.6 Å². The van der Waals surface area contributed by atoms with Crippen LogP contribution in [0.3, 0.4) is 0 Å². The van der Waals surface area contributed by atoms with Gasteiger partial charge in [-0.2, -0.15) is 12.6 Å². The third-order valence-electron chi connectivity index (χ3n) is 2.83. The smallest absolute Gasteiger partial charge is 0.237 e. The molecule has 1 atom stereocenters. The molecule has 2 aromatic rings. The topological polar surface area (TPSA) is 29.1 Å². The van der Waals surface area contributed by atoms with Crippen molar-refractivity contribution < 1.29 is 18.0 Å². The summed E-state index contributed by atoms with van der Waals surface area (Å²) in [5.41, 5.74) is 0.336. The first kappa shape index (κ1) is 15.4. The molecule has 0 saturated carbocycles. The Morgan fingerprint density at radius 3 is 2.48 bits per heavy atom. The van der Waals surface area contributed by atoms with Gasteiger partial charge in [-0.15, -0.1) is 0 Å². The third kappa shape index (κ3) is 4.01. The van der Waals surface area contributed by atoms with Gasteiger partial charge >= 0.3 is 0 Å². The molecular formula is C15H12F3NOS. The van der Waals surface area contributed by atoms with Crippen LogP contribution in [0.15, 0.2) is 42.5 Å². The summed E-state index contributed by atoms with van der Waals surface area (Å²) in [7, 11) is 0. The lowest BCUT2D eigenvalue weighted by Crippen LogP contribution is -2.26. The quantitative estimate of drug-likeness (QED) is 0.656. The molecule has 0 aliphatic rings. The van der Waals surface area contributed by atoms with Crippen LogP contribution in [0.4, 0.5) is 18.9 Å². The fourth-order valence-corrected chi connectivity index (χ4v) is 2.07. The van der Waals surface area contributed by atoms with Crippen molar-refractivity contribution in [2.75, 3.05) is 5.32 Å². The van der Waals surface area contributed by atoms with Gasteiger partial charge in [0.1, 0.15) is 5.82 Å². The Balaban J connectivity index is 2.08. The van der Waals surface area contributed by atoms with E-state index in [-0.39, 0.29) is 0 Å². The fraction of sp³-hybridized carbons (Fsp3) is 0.133. The molecule has 0 saturated heterocycles. The lowest BCUT2D eigenvalue weighted by molar-refractivity contribution is -0.115. The molecule has 2 nitrogen and oxygen atoms in total. The van der Waals surface area contributed by atoms with E-state index < -0.39 is 34.3 Å². The van der Waals surface area contributed by atoms with Gasteiger partial charge < -0.3 is 5.32 Å². The average Bonchev–Trinajstić information content (AvgIpc) is 2.45. The van der Waals surface area contributed by atoms with Gasteiger partial charge in [-0.05, 0) is 12.0 Å². The van der Waals surface area contributed by atoms with Crippen molar-refractivity contribution >= 4 is 24.2 Å². The van der Waals surface area contributed by atoms with E-state index in [2.05, 4.69) is 17.9 Å². The molecule has 0 aliphatic heterocycles. The van der Waals surface area contributed by atoms with Crippen molar-refractivity contribution in [3.05, 3.63) is 65.5 Å². The van der Waals surface area contributed by atoms with Crippen molar-refractivity contribution in [1.29, 1.82) is 0 Å². The van der Waals surface area contributed by atoms with Gasteiger partial charge in [-0.1, -0.05) is 30.3 Å². The zero-order valence-electron chi connectivity index (χ0n) is 10.8. The second-order valence-corrected chi connectivity index (χ2v) is 5.07. The molecule has 110 valence electrons. The van der Waals surface area contributed by atoms with Crippen molar-refractivity contribution in [2.45, 2.75) is 11.7 Å². The second kappa shape index (κ2) is 6.67. The minimum Gasteiger partial charge on any atom is -0.322 e. The summed E-state index contributed by atoms with van der Waals surface area (Å²) in [5, 5.41) is 1.38. The lowest BCUT2D eigenvalue weighted by Gasteiger charge is -2.12. The SMILES string of the molecule is O=C(Nc1cc(F)cc(F)c1F)C(S)Cc1ccccc1. The molecule has 1 unspecified atom stereocenters. The van der Waals surface area contributed by atoms with E-state index in [4.69, 9.17) is 0 Å². The molecule has 21 heavy (non-hydrogen) atoms. The highest BCUT2D eigenvalue weighted by atomic mass is 32.1. The highest BCUT2D eigenvalue weighted by Gasteiger charge is 2.18. The first-order chi connectivity index (χ1) is 9.97. The van der Waals surface area contributed by atoms with Crippen molar-refractivity contribution in [1.82, 2.24) is 0 Å². The number of hydrogen-bond donors (Lipinski definition) is 2. The van der Waals surface area contributed by atoms with Gasteiger partial charge in [0.15, 0.2) is 11.6 Å². The fourth-order valence-electron chi connectivity index (χ4n) is 1.79. The Morgan fingerprint density at radius 2 is 1.81 bits per heavy atom. The second-order valence-electron chi connectivity index (χ2n) is 4.44. The zero-order chi connectivity index (χ0) is 15.4. The van der Waals surface area contributed by atoms with E-state index in [9.17, 15) is 18.0 Å². The maximum atomic E-state index is 13.5. The molecule has 2 rings (SSSR count). The molecule has 0 spiro atoms. The predicted octanol–water partition coefficient (Wildman–Crippen LogP) is 3.58. The van der Waals surface area contributed by atoms with Gasteiger partial charge in [-0.25, -0.2) is 13.2 Å². The number of benzene rings is 2. The van der Waals surface area contributed by atoms with E-state index in [1.165, 1.54) is 0 Å². The van der Waals surface area contributed by atoms with Crippen LogP contribution in [0.2, 0.25) is 0 Å². The van der Waals surface area contributed by atoms with Crippen molar-refractivity contribution in [2.24, 2.45) is 0 Å². The molecule has 1 amide bonds. The monoisotopic (exact) mass is 311 g/mol. The van der Waals surface area contributed by atoms with Crippen LogP contribution in [0.25, 0.3) is 0 Å². The van der Waals surface area contributed by atoms with E-state index in [0.717, 1.165) is 11.6 Å². The first-order valence-electron chi connectivity index (χ1n) is 6.15. The number of hydrogen-bond acceptors (Lipinski definition) is 2. The Hall–Kier alpha value is -1.95. The number of rotatable bonds is 4. The van der Waals surface area contributed by atoms with Crippen LogP contribution in [0, 0.1) is 17.5 Å². The maximum absolute atomic E-state index is 13.5. The van der Waals surface area contributed by atoms with Gasteiger partial charge in [-0.3, -0.25) is 4.79 Å². The van der Waals surface area contributed by atoms with Crippen LogP contribution in [-0.4, -0.2) is 11.2 Å². The van der Waals surface area contributed by atoms with E-state index in [1.807, 2.05) is 30.3 Å². The summed E-state index contributed by atoms with van der Waals surface area (Å²) in [6.07, 6.45) is 0.315. The van der Waals surface area contributed by atoms with Crippen LogP contribution in [-0.2, 0) is 11.2 Å². The third-order valence-corrected chi connectivity index (χ3v) is 3.24. The van der Waals surface area contributed by atoms with Crippen molar-refractivity contribution in [3.8, 4) is 0 Å². The maximum Gasteiger partial charge on any atom is 0.237 e. The van der Waals surface area contributed by atoms with E-state index >= 15 is 0 Å². The Bertz CT molecular complexity index is 649. The summed E-state index contributed by atoms with van der Waals surface area (Å²) in [6.45, 7) is 0. The van der Waals surface area contributed by atoms with Gasteiger partial charge in [0.2, 0.25) is 5.91 Å².